The van der Waals surface area contributed by atoms with Gasteiger partial charge in [-0.2, -0.15) is 0 Å². The van der Waals surface area contributed by atoms with Gasteiger partial charge in [-0.15, -0.1) is 0 Å². The van der Waals surface area contributed by atoms with E-state index in [1.54, 1.807) is 6.92 Å². The molecule has 1 aliphatic carbocycles. The van der Waals surface area contributed by atoms with E-state index in [-0.39, 0.29) is 17.9 Å². The van der Waals surface area contributed by atoms with Crippen molar-refractivity contribution in [3.63, 3.8) is 0 Å². The number of halogens is 2. The first kappa shape index (κ1) is 14.4. The summed E-state index contributed by atoms with van der Waals surface area (Å²) in [5.74, 6) is -0.192. The van der Waals surface area contributed by atoms with Gasteiger partial charge in [0.1, 0.15) is 0 Å². The van der Waals surface area contributed by atoms with Gasteiger partial charge in [-0.25, -0.2) is 8.78 Å². The van der Waals surface area contributed by atoms with Gasteiger partial charge in [0, 0.05) is 6.04 Å². The van der Waals surface area contributed by atoms with Crippen molar-refractivity contribution in [3.05, 3.63) is 0 Å². The van der Waals surface area contributed by atoms with Crippen LogP contribution in [0.1, 0.15) is 39.5 Å². The average Bonchev–Trinajstić information content (AvgIpc) is 2.30. The highest BCUT2D eigenvalue weighted by atomic mass is 19.3. The quantitative estimate of drug-likeness (QED) is 0.760. The van der Waals surface area contributed by atoms with Gasteiger partial charge in [0.25, 0.3) is 6.43 Å². The van der Waals surface area contributed by atoms with Gasteiger partial charge >= 0.3 is 5.97 Å². The van der Waals surface area contributed by atoms with E-state index >= 15 is 0 Å². The van der Waals surface area contributed by atoms with Gasteiger partial charge in [0.05, 0.1) is 18.6 Å². The van der Waals surface area contributed by atoms with Gasteiger partial charge in [-0.1, -0.05) is 0 Å². The van der Waals surface area contributed by atoms with Gasteiger partial charge in [-0.3, -0.25) is 4.79 Å². The summed E-state index contributed by atoms with van der Waals surface area (Å²) in [4.78, 5) is 11.5. The van der Waals surface area contributed by atoms with E-state index in [0.717, 1.165) is 25.7 Å². The summed E-state index contributed by atoms with van der Waals surface area (Å²) >= 11 is 0. The van der Waals surface area contributed by atoms with Crippen molar-refractivity contribution in [2.45, 2.75) is 58.0 Å². The van der Waals surface area contributed by atoms with E-state index in [1.165, 1.54) is 6.92 Å². The highest BCUT2D eigenvalue weighted by Crippen LogP contribution is 2.26. The van der Waals surface area contributed by atoms with Crippen LogP contribution in [0.4, 0.5) is 8.78 Å². The summed E-state index contributed by atoms with van der Waals surface area (Å²) in [6, 6.07) is -0.677. The molecule has 1 rings (SSSR count). The van der Waals surface area contributed by atoms with E-state index in [9.17, 15) is 13.6 Å². The fourth-order valence-corrected chi connectivity index (χ4v) is 2.20. The van der Waals surface area contributed by atoms with Crippen molar-refractivity contribution >= 4 is 5.97 Å². The molecule has 0 spiro atoms. The first-order chi connectivity index (χ1) is 8.04. The predicted octanol–water partition coefficient (Wildman–Crippen LogP) is 2.35. The van der Waals surface area contributed by atoms with Crippen LogP contribution in [0.2, 0.25) is 0 Å². The maximum Gasteiger partial charge on any atom is 0.308 e. The van der Waals surface area contributed by atoms with Crippen LogP contribution in [0, 0.1) is 5.92 Å². The Bertz CT molecular complexity index is 241. The number of carbonyl (C=O) groups excluding carboxylic acids is 1. The number of ether oxygens (including phenoxy) is 1. The highest BCUT2D eigenvalue weighted by Gasteiger charge is 2.28. The third-order valence-electron chi connectivity index (χ3n) is 3.22. The largest absolute Gasteiger partial charge is 0.466 e. The van der Waals surface area contributed by atoms with E-state index in [4.69, 9.17) is 4.74 Å². The lowest BCUT2D eigenvalue weighted by Gasteiger charge is -2.30. The fourth-order valence-electron chi connectivity index (χ4n) is 2.20. The van der Waals surface area contributed by atoms with Crippen molar-refractivity contribution in [1.82, 2.24) is 5.32 Å². The van der Waals surface area contributed by atoms with Crippen LogP contribution in [-0.2, 0) is 9.53 Å². The molecule has 3 nitrogen and oxygen atoms in total. The van der Waals surface area contributed by atoms with Crippen molar-refractivity contribution in [3.8, 4) is 0 Å². The molecule has 5 heteroatoms. The van der Waals surface area contributed by atoms with Crippen LogP contribution in [0.15, 0.2) is 0 Å². The number of rotatable bonds is 5. The molecule has 0 saturated heterocycles. The summed E-state index contributed by atoms with van der Waals surface area (Å²) < 4.78 is 29.7. The summed E-state index contributed by atoms with van der Waals surface area (Å²) in [7, 11) is 0. The number of alkyl halides is 2. The normalized spacial score (nSPS) is 26.9. The second kappa shape index (κ2) is 6.89. The SMILES string of the molecule is CCOC(=O)C1CCC(NC(C)C(F)F)CC1. The maximum atomic E-state index is 12.4. The number of hydrogen-bond donors (Lipinski definition) is 1. The zero-order valence-corrected chi connectivity index (χ0v) is 10.4. The molecule has 0 aromatic carbocycles. The van der Waals surface area contributed by atoms with Crippen molar-refractivity contribution < 1.29 is 18.3 Å². The lowest BCUT2D eigenvalue weighted by Crippen LogP contribution is -2.43. The Hall–Kier alpha value is -0.710. The minimum absolute atomic E-state index is 0.0464. The topological polar surface area (TPSA) is 38.3 Å². The maximum absolute atomic E-state index is 12.4. The second-order valence-corrected chi connectivity index (χ2v) is 4.59. The monoisotopic (exact) mass is 249 g/mol. The number of hydrogen-bond acceptors (Lipinski definition) is 3. The molecule has 17 heavy (non-hydrogen) atoms. The van der Waals surface area contributed by atoms with Gasteiger partial charge in [0.2, 0.25) is 0 Å². The molecule has 0 heterocycles. The molecule has 1 fully saturated rings. The first-order valence-electron chi connectivity index (χ1n) is 6.25. The minimum Gasteiger partial charge on any atom is -0.466 e. The van der Waals surface area contributed by atoms with Crippen LogP contribution in [0.5, 0.6) is 0 Å². The summed E-state index contributed by atoms with van der Waals surface area (Å²) in [5.41, 5.74) is 0. The van der Waals surface area contributed by atoms with E-state index in [1.807, 2.05) is 0 Å². The molecule has 1 N–H and O–H groups in total. The Labute approximate surface area is 101 Å². The average molecular weight is 249 g/mol. The first-order valence-corrected chi connectivity index (χ1v) is 6.25. The summed E-state index contributed by atoms with van der Waals surface area (Å²) in [6.07, 6.45) is 0.651. The molecular weight excluding hydrogens is 228 g/mol. The van der Waals surface area contributed by atoms with Crippen LogP contribution < -0.4 is 5.32 Å². The van der Waals surface area contributed by atoms with E-state index < -0.39 is 12.5 Å². The van der Waals surface area contributed by atoms with Crippen LogP contribution in [0.25, 0.3) is 0 Å². The van der Waals surface area contributed by atoms with Crippen molar-refractivity contribution in [2.75, 3.05) is 6.61 Å². The molecular formula is C12H21F2NO2. The van der Waals surface area contributed by atoms with Crippen LogP contribution >= 0.6 is 0 Å². The Balaban J connectivity index is 2.28. The number of esters is 1. The predicted molar refractivity (Wildman–Crippen MR) is 61.0 cm³/mol. The summed E-state index contributed by atoms with van der Waals surface area (Å²) in [6.45, 7) is 3.68. The van der Waals surface area contributed by atoms with Crippen molar-refractivity contribution in [2.24, 2.45) is 5.92 Å². The molecule has 0 radical (unpaired) electrons. The zero-order valence-electron chi connectivity index (χ0n) is 10.4. The standard InChI is InChI=1S/C12H21F2NO2/c1-3-17-12(16)9-4-6-10(7-5-9)15-8(2)11(13)14/h8-11,15H,3-7H2,1-2H3. The highest BCUT2D eigenvalue weighted by molar-refractivity contribution is 5.72. The smallest absolute Gasteiger partial charge is 0.308 e. The molecule has 1 unspecified atom stereocenters. The van der Waals surface area contributed by atoms with E-state index in [0.29, 0.717) is 6.61 Å². The Morgan fingerprint density at radius 3 is 2.41 bits per heavy atom. The Morgan fingerprint density at radius 2 is 1.94 bits per heavy atom. The lowest BCUT2D eigenvalue weighted by molar-refractivity contribution is -0.149. The molecule has 1 aliphatic rings. The molecule has 1 saturated carbocycles. The summed E-state index contributed by atoms with van der Waals surface area (Å²) in [5, 5.41) is 2.91. The van der Waals surface area contributed by atoms with Crippen molar-refractivity contribution in [1.29, 1.82) is 0 Å². The third kappa shape index (κ3) is 4.58. The molecule has 0 bridgehead atoms. The van der Waals surface area contributed by atoms with Gasteiger partial charge < -0.3 is 10.1 Å². The molecule has 0 amide bonds. The Morgan fingerprint density at radius 1 is 1.35 bits per heavy atom. The van der Waals surface area contributed by atoms with Gasteiger partial charge in [0.15, 0.2) is 0 Å². The zero-order chi connectivity index (χ0) is 12.8. The van der Waals surface area contributed by atoms with E-state index in [2.05, 4.69) is 5.32 Å². The molecule has 0 aromatic heterocycles. The fraction of sp³-hybridized carbons (Fsp3) is 0.917. The Kier molecular flexibility index (Phi) is 5.82. The number of nitrogens with one attached hydrogen (secondary N) is 1. The lowest BCUT2D eigenvalue weighted by atomic mass is 9.86. The number of carbonyl (C=O) groups is 1. The third-order valence-corrected chi connectivity index (χ3v) is 3.22. The van der Waals surface area contributed by atoms with Gasteiger partial charge in [-0.05, 0) is 39.5 Å². The minimum atomic E-state index is -2.34. The molecule has 0 aromatic rings. The second-order valence-electron chi connectivity index (χ2n) is 4.59. The molecule has 1 atom stereocenters. The van der Waals surface area contributed by atoms with Crippen LogP contribution in [0.3, 0.4) is 0 Å². The molecule has 100 valence electrons. The molecule has 0 aliphatic heterocycles. The van der Waals surface area contributed by atoms with Crippen LogP contribution in [-0.4, -0.2) is 31.1 Å².